The van der Waals surface area contributed by atoms with E-state index < -0.39 is 0 Å². The molecule has 1 heteroatoms. The summed E-state index contributed by atoms with van der Waals surface area (Å²) in [6.07, 6.45) is 0. The Morgan fingerprint density at radius 2 is 1.55 bits per heavy atom. The molecule has 65 valence electrons. The first-order chi connectivity index (χ1) is 4.89. The van der Waals surface area contributed by atoms with Crippen molar-refractivity contribution in [1.29, 1.82) is 0 Å². The fourth-order valence-corrected chi connectivity index (χ4v) is 2.19. The minimum atomic E-state index is 0. The molecule has 0 fully saturated rings. The largest absolute Gasteiger partial charge is 1.00 e. The van der Waals surface area contributed by atoms with E-state index >= 15 is 0 Å². The van der Waals surface area contributed by atoms with Gasteiger partial charge in [0.15, 0.2) is 0 Å². The second kappa shape index (κ2) is 2.55. The van der Waals surface area contributed by atoms with Gasteiger partial charge in [-0.15, -0.1) is 0 Å². The van der Waals surface area contributed by atoms with Crippen molar-refractivity contribution in [2.45, 2.75) is 34.6 Å². The molecule has 1 rings (SSSR count). The van der Waals surface area contributed by atoms with E-state index in [0.717, 1.165) is 0 Å². The average molecular weight is 238 g/mol. The van der Waals surface area contributed by atoms with Crippen LogP contribution < -0.4 is 0 Å². The van der Waals surface area contributed by atoms with Crippen molar-refractivity contribution in [2.24, 2.45) is 5.41 Å². The SMILES string of the molecule is CC1=C(C)C(C)(C)[C]([Ru+2])=C1C.[H-].[H-]. The summed E-state index contributed by atoms with van der Waals surface area (Å²) >= 11 is 2.77. The zero-order valence-electron chi connectivity index (χ0n) is 9.85. The van der Waals surface area contributed by atoms with E-state index in [-0.39, 0.29) is 8.27 Å². The van der Waals surface area contributed by atoms with Gasteiger partial charge >= 0.3 is 79.2 Å². The monoisotopic (exact) mass is 239 g/mol. The van der Waals surface area contributed by atoms with E-state index in [4.69, 9.17) is 0 Å². The smallest absolute Gasteiger partial charge is 1.00 e. The Morgan fingerprint density at radius 1 is 1.09 bits per heavy atom. The van der Waals surface area contributed by atoms with Gasteiger partial charge in [0.2, 0.25) is 0 Å². The van der Waals surface area contributed by atoms with E-state index in [0.29, 0.717) is 0 Å². The van der Waals surface area contributed by atoms with Crippen LogP contribution in [0.4, 0.5) is 0 Å². The molecule has 0 spiro atoms. The molecule has 11 heavy (non-hydrogen) atoms. The Bertz CT molecular complexity index is 236. The quantitative estimate of drug-likeness (QED) is 0.567. The topological polar surface area (TPSA) is 0 Å². The molecule has 1 aliphatic rings. The molecule has 0 aromatic heterocycles. The molecular formula is C10H17Ru. The predicted molar refractivity (Wildman–Crippen MR) is 47.1 cm³/mol. The molecule has 0 saturated carbocycles. The molecule has 0 heterocycles. The zero-order chi connectivity index (χ0) is 8.81. The summed E-state index contributed by atoms with van der Waals surface area (Å²) in [6.45, 7) is 11.2. The van der Waals surface area contributed by atoms with Gasteiger partial charge in [-0.2, -0.15) is 0 Å². The zero-order valence-corrected chi connectivity index (χ0v) is 9.59. The normalized spacial score (nSPS) is 23.4. The van der Waals surface area contributed by atoms with E-state index in [1.807, 2.05) is 0 Å². The third kappa shape index (κ3) is 1.14. The standard InChI is InChI=1S/C10H15.Ru.2H/c1-7-6-10(4,5)9(3)8(7)2;;;/h1-5H3;;;/q;+2;2*-1. The molecule has 0 amide bonds. The van der Waals surface area contributed by atoms with Crippen molar-refractivity contribution in [3.8, 4) is 0 Å². The average Bonchev–Trinajstić information content (AvgIpc) is 2.06. The van der Waals surface area contributed by atoms with Gasteiger partial charge in [0.05, 0.1) is 0 Å². The molecular weight excluding hydrogens is 221 g/mol. The maximum atomic E-state index is 2.77. The molecule has 0 aromatic rings. The maximum Gasteiger partial charge on any atom is -1.00 e. The van der Waals surface area contributed by atoms with Crippen LogP contribution >= 0.6 is 0 Å². The summed E-state index contributed by atoms with van der Waals surface area (Å²) < 4.78 is 1.46. The molecule has 0 N–H and O–H groups in total. The van der Waals surface area contributed by atoms with E-state index in [2.05, 4.69) is 52.9 Å². The molecule has 0 nitrogen and oxygen atoms in total. The van der Waals surface area contributed by atoms with Crippen molar-refractivity contribution in [3.63, 3.8) is 0 Å². The first-order valence-electron chi connectivity index (χ1n) is 3.93. The first kappa shape index (κ1) is 9.19. The van der Waals surface area contributed by atoms with Gasteiger partial charge in [-0.25, -0.2) is 0 Å². The number of rotatable bonds is 0. The van der Waals surface area contributed by atoms with Crippen LogP contribution in [0.25, 0.3) is 0 Å². The van der Waals surface area contributed by atoms with Crippen LogP contribution in [0, 0.1) is 5.41 Å². The van der Waals surface area contributed by atoms with Crippen LogP contribution in [0.15, 0.2) is 20.9 Å². The van der Waals surface area contributed by atoms with Crippen LogP contribution in [0.1, 0.15) is 37.5 Å². The van der Waals surface area contributed by atoms with Crippen LogP contribution in [-0.4, -0.2) is 0 Å². The minimum absolute atomic E-state index is 0. The van der Waals surface area contributed by atoms with Gasteiger partial charge in [0.1, 0.15) is 0 Å². The van der Waals surface area contributed by atoms with Crippen molar-refractivity contribution < 1.29 is 21.2 Å². The number of hydrogen-bond donors (Lipinski definition) is 0. The summed E-state index contributed by atoms with van der Waals surface area (Å²) in [5, 5.41) is 0. The third-order valence-electron chi connectivity index (χ3n) is 2.92. The maximum absolute atomic E-state index is 2.77. The molecule has 0 bridgehead atoms. The van der Waals surface area contributed by atoms with Crippen molar-refractivity contribution in [3.05, 3.63) is 20.9 Å². The Morgan fingerprint density at radius 3 is 1.64 bits per heavy atom. The third-order valence-corrected chi connectivity index (χ3v) is 4.65. The van der Waals surface area contributed by atoms with E-state index in [1.165, 1.54) is 20.9 Å². The molecule has 1 aliphatic carbocycles. The molecule has 0 unspecified atom stereocenters. The van der Waals surface area contributed by atoms with Gasteiger partial charge in [-0.05, 0) is 0 Å². The van der Waals surface area contributed by atoms with Gasteiger partial charge in [0.25, 0.3) is 0 Å². The summed E-state index contributed by atoms with van der Waals surface area (Å²) in [5.74, 6) is 0. The van der Waals surface area contributed by atoms with Crippen LogP contribution in [0.2, 0.25) is 0 Å². The summed E-state index contributed by atoms with van der Waals surface area (Å²) in [6, 6.07) is 0. The molecule has 0 radical (unpaired) electrons. The van der Waals surface area contributed by atoms with Crippen molar-refractivity contribution >= 4 is 0 Å². The van der Waals surface area contributed by atoms with Gasteiger partial charge < -0.3 is 2.85 Å². The van der Waals surface area contributed by atoms with Crippen molar-refractivity contribution in [2.75, 3.05) is 0 Å². The Kier molecular flexibility index (Phi) is 2.14. The second-order valence-electron chi connectivity index (χ2n) is 3.80. The number of allylic oxidation sites excluding steroid dienone is 4. The van der Waals surface area contributed by atoms with Gasteiger partial charge in [0, 0.05) is 0 Å². The first-order valence-corrected chi connectivity index (χ1v) is 4.80. The molecule has 0 aromatic carbocycles. The Hall–Kier alpha value is 0.103. The minimum Gasteiger partial charge on any atom is -1.00 e. The van der Waals surface area contributed by atoms with Crippen LogP contribution in [0.3, 0.4) is 0 Å². The fourth-order valence-electron chi connectivity index (χ4n) is 1.54. The molecule has 0 aliphatic heterocycles. The predicted octanol–water partition coefficient (Wildman–Crippen LogP) is 3.41. The number of hydrogen-bond acceptors (Lipinski definition) is 0. The van der Waals surface area contributed by atoms with Crippen LogP contribution in [-0.2, 0) is 18.3 Å². The van der Waals surface area contributed by atoms with Crippen molar-refractivity contribution in [1.82, 2.24) is 0 Å². The fraction of sp³-hybridized carbons (Fsp3) is 0.600. The van der Waals surface area contributed by atoms with E-state index in [1.54, 1.807) is 0 Å². The van der Waals surface area contributed by atoms with Crippen LogP contribution in [0.5, 0.6) is 0 Å². The second-order valence-corrected chi connectivity index (χ2v) is 4.67. The van der Waals surface area contributed by atoms with Gasteiger partial charge in [-0.3, -0.25) is 0 Å². The van der Waals surface area contributed by atoms with E-state index in [9.17, 15) is 0 Å². The Labute approximate surface area is 82.4 Å². The summed E-state index contributed by atoms with van der Waals surface area (Å²) in [5.41, 5.74) is 4.74. The van der Waals surface area contributed by atoms with Gasteiger partial charge in [-0.1, -0.05) is 0 Å². The summed E-state index contributed by atoms with van der Waals surface area (Å²) in [4.78, 5) is 0. The Balaban J connectivity index is 0. The molecule has 0 saturated heterocycles. The summed E-state index contributed by atoms with van der Waals surface area (Å²) in [7, 11) is 0. The molecule has 0 atom stereocenters.